The van der Waals surface area contributed by atoms with E-state index in [-0.39, 0.29) is 149 Å². The molecule has 0 radical (unpaired) electrons. The van der Waals surface area contributed by atoms with Gasteiger partial charge in [-0.1, -0.05) is 0 Å². The van der Waals surface area contributed by atoms with Gasteiger partial charge in [-0.25, -0.2) is 0 Å². The lowest BCUT2D eigenvalue weighted by Crippen LogP contribution is -2.46. The van der Waals surface area contributed by atoms with Gasteiger partial charge in [0.15, 0.2) is 5.78 Å². The van der Waals surface area contributed by atoms with E-state index in [9.17, 15) is 43.2 Å². The largest absolute Gasteiger partial charge is 0.490 e. The summed E-state index contributed by atoms with van der Waals surface area (Å²) in [5, 5.41) is 12.0. The van der Waals surface area contributed by atoms with Crippen LogP contribution < -0.4 is 21.3 Å². The Kier molecular flexibility index (Phi) is 25.3. The molecule has 8 amide bonds. The fourth-order valence-corrected chi connectivity index (χ4v) is 16.5. The SMILES string of the molecule is COC(OC)OC.C[C@@H]1NC(=O)C=C1N1CCC(N2C(=O)C=C(N3CC[C@H](N4C(=O)C=C(OC(C)(C)C)[C@@H]4C)C3)[C@@H]2C)C1.C[C@@H]1NC(=O)C=C1N1CCC(N2C(=O)C=C(OC(C)(C)C)[C@@H]2C)C1.C[C@@H]1NC(=O)C=C1N1CCC(N2C(=O)CC(=O)[C@@H]2C)C1.C[C@H]1C(OC(C)(C)C)=CC(=O)N1C1CCNC1. The number of amides is 8. The van der Waals surface area contributed by atoms with Gasteiger partial charge in [-0.3, -0.25) is 43.2 Å². The van der Waals surface area contributed by atoms with Crippen LogP contribution in [0.2, 0.25) is 0 Å². The van der Waals surface area contributed by atoms with Gasteiger partial charge in [0, 0.05) is 152 Å². The number of nitrogens with one attached hydrogen (secondary N) is 4. The monoisotopic (exact) mass is 1450 g/mol. The Hall–Kier alpha value is -7.95. The normalized spacial score (nSPS) is 30.6. The van der Waals surface area contributed by atoms with Gasteiger partial charge in [0.1, 0.15) is 34.1 Å². The molecule has 4 N–H and O–H groups in total. The molecule has 6 saturated heterocycles. The number of hydrogen-bond acceptors (Lipinski definition) is 20. The first-order valence-corrected chi connectivity index (χ1v) is 37.2. The van der Waals surface area contributed by atoms with E-state index in [0.29, 0.717) is 12.6 Å². The van der Waals surface area contributed by atoms with Gasteiger partial charge in [0.25, 0.3) is 24.2 Å². The molecule has 6 fully saturated rings. The van der Waals surface area contributed by atoms with Crippen molar-refractivity contribution in [2.45, 2.75) is 258 Å². The van der Waals surface area contributed by atoms with Gasteiger partial charge >= 0.3 is 0 Å². The lowest BCUT2D eigenvalue weighted by molar-refractivity contribution is -0.252. The van der Waals surface area contributed by atoms with E-state index < -0.39 is 6.48 Å². The predicted octanol–water partition coefficient (Wildman–Crippen LogP) is 4.11. The molecule has 576 valence electrons. The highest BCUT2D eigenvalue weighted by molar-refractivity contribution is 6.07. The Bertz CT molecular complexity index is 3470. The molecule has 0 aromatic rings. The second kappa shape index (κ2) is 32.8. The number of Topliss-reactive ketones (excluding diaryl/α,β-unsaturated/α-hetero) is 1. The Labute approximate surface area is 614 Å². The van der Waals surface area contributed by atoms with Crippen LogP contribution in [0.4, 0.5) is 0 Å². The van der Waals surface area contributed by atoms with Crippen LogP contribution in [0.3, 0.4) is 0 Å². The summed E-state index contributed by atoms with van der Waals surface area (Å²) in [4.78, 5) is 127. The molecule has 0 saturated carbocycles. The van der Waals surface area contributed by atoms with Crippen LogP contribution in [-0.4, -0.2) is 286 Å². The molecule has 28 nitrogen and oxygen atoms in total. The molecule has 13 rings (SSSR count). The summed E-state index contributed by atoms with van der Waals surface area (Å²) in [7, 11) is 4.53. The third kappa shape index (κ3) is 18.8. The van der Waals surface area contributed by atoms with Crippen molar-refractivity contribution in [1.82, 2.24) is 65.4 Å². The third-order valence-corrected chi connectivity index (χ3v) is 21.1. The van der Waals surface area contributed by atoms with Crippen molar-refractivity contribution in [2.24, 2.45) is 0 Å². The first kappa shape index (κ1) is 80.2. The molecule has 13 atom stereocenters. The average molecular weight is 1450 g/mol. The maximum Gasteiger partial charge on any atom is 0.270 e. The highest BCUT2D eigenvalue weighted by Gasteiger charge is 2.48. The number of hydrogen-bond donors (Lipinski definition) is 4. The lowest BCUT2D eigenvalue weighted by atomic mass is 10.1. The van der Waals surface area contributed by atoms with Crippen LogP contribution in [0.5, 0.6) is 0 Å². The molecule has 0 aromatic heterocycles. The number of carbonyl (C=O) groups excluding carboxylic acids is 9. The fraction of sp³-hybridized carbons (Fsp3) is 0.697. The van der Waals surface area contributed by atoms with E-state index in [1.54, 1.807) is 54.4 Å². The predicted molar refractivity (Wildman–Crippen MR) is 389 cm³/mol. The molecular weight excluding hydrogens is 1330 g/mol. The molecule has 0 spiro atoms. The van der Waals surface area contributed by atoms with Crippen LogP contribution >= 0.6 is 0 Å². The number of ketones is 1. The smallest absolute Gasteiger partial charge is 0.270 e. The minimum absolute atomic E-state index is 0.00853. The maximum atomic E-state index is 13.1. The lowest BCUT2D eigenvalue weighted by Gasteiger charge is -2.34. The summed E-state index contributed by atoms with van der Waals surface area (Å²) in [6.45, 7) is 41.6. The average Bonchev–Trinajstić information content (AvgIpc) is 1.66. The second-order valence-electron chi connectivity index (χ2n) is 32.3. The molecule has 0 bridgehead atoms. The highest BCUT2D eigenvalue weighted by atomic mass is 16.8. The molecule has 13 aliphatic rings. The number of nitrogens with zero attached hydrogens (tertiary/aromatic N) is 9. The molecule has 28 heteroatoms. The Morgan fingerprint density at radius 3 is 0.952 bits per heavy atom. The summed E-state index contributed by atoms with van der Waals surface area (Å²) in [6.07, 6.45) is 16.3. The molecule has 104 heavy (non-hydrogen) atoms. The zero-order chi connectivity index (χ0) is 76.4. The van der Waals surface area contributed by atoms with Gasteiger partial charge < -0.3 is 93.8 Å². The fourth-order valence-electron chi connectivity index (χ4n) is 16.5. The van der Waals surface area contributed by atoms with Gasteiger partial charge in [0.2, 0.25) is 29.5 Å². The topological polar surface area (TPSA) is 286 Å². The summed E-state index contributed by atoms with van der Waals surface area (Å²) in [5.41, 5.74) is 3.18. The zero-order valence-electron chi connectivity index (χ0n) is 65.1. The summed E-state index contributed by atoms with van der Waals surface area (Å²) >= 11 is 0. The quantitative estimate of drug-likeness (QED) is 0.133. The number of carbonyl (C=O) groups is 9. The Morgan fingerprint density at radius 2 is 0.683 bits per heavy atom. The van der Waals surface area contributed by atoms with E-state index in [4.69, 9.17) is 14.2 Å². The van der Waals surface area contributed by atoms with Crippen molar-refractivity contribution < 1.29 is 71.6 Å². The van der Waals surface area contributed by atoms with E-state index in [1.807, 2.05) is 123 Å². The number of likely N-dealkylation sites (tertiary alicyclic amines) is 5. The molecule has 4 unspecified atom stereocenters. The molecular formula is C76H117N13O15. The van der Waals surface area contributed by atoms with E-state index in [0.717, 1.165) is 131 Å². The van der Waals surface area contributed by atoms with Gasteiger partial charge in [-0.05, 0) is 156 Å². The first-order chi connectivity index (χ1) is 48.8. The number of ether oxygens (including phenoxy) is 6. The van der Waals surface area contributed by atoms with Crippen LogP contribution in [0.25, 0.3) is 0 Å². The zero-order valence-corrected chi connectivity index (χ0v) is 65.1. The maximum absolute atomic E-state index is 13.1. The van der Waals surface area contributed by atoms with Crippen molar-refractivity contribution in [3.8, 4) is 0 Å². The minimum atomic E-state index is -0.514. The van der Waals surface area contributed by atoms with Crippen molar-refractivity contribution in [2.75, 3.05) is 86.8 Å². The first-order valence-electron chi connectivity index (χ1n) is 37.2. The summed E-state index contributed by atoms with van der Waals surface area (Å²) < 4.78 is 31.7. The highest BCUT2D eigenvalue weighted by Crippen LogP contribution is 2.38. The molecule has 0 aliphatic carbocycles. The van der Waals surface area contributed by atoms with Gasteiger partial charge in [-0.2, -0.15) is 0 Å². The number of rotatable bonds is 15. The van der Waals surface area contributed by atoms with Crippen molar-refractivity contribution in [3.63, 3.8) is 0 Å². The summed E-state index contributed by atoms with van der Waals surface area (Å²) in [6, 6.07) is 0.429. The molecule has 0 aromatic carbocycles. The van der Waals surface area contributed by atoms with Crippen molar-refractivity contribution in [3.05, 3.63) is 82.6 Å². The van der Waals surface area contributed by atoms with Crippen LogP contribution in [0.15, 0.2) is 82.6 Å². The van der Waals surface area contributed by atoms with E-state index >= 15 is 0 Å². The van der Waals surface area contributed by atoms with Gasteiger partial charge in [0.05, 0.1) is 78.9 Å². The standard InChI is InChI=1S/C27H39N5O4.C18H27N3O3.C14H19N3O3.C13H22N2O2.C4H10O3/c1-16-21(11-24(33)28-16)29-9-7-19(14-29)31-17(2)22(12-25(31)34)30-10-8-20(15-30)32-18(3)23(13-26(32)35)36-27(4,5)6;1-11-14(8-16(22)19-11)20-7-6-13(10-20)21-12(2)15(9-17(21)23)24-18(3,4)5;1-8-11(5-13(19)15-8)16-4-3-10(7-16)17-9(2)12(18)6-14(17)20;1-9-11(17-13(2,3)4)7-12(16)15(9)10-5-6-14-8-10;1-5-4(6-2)7-3/h11-13,16-20H,7-10,14-15H2,1-6H3,(H,28,33);8-9,11-13H,6-7,10H2,1-5H3,(H,19,22);5,8-10H,3-4,6-7H2,1-2H3,(H,15,19);7,9-10,14H,5-6,8H2,1-4H3;4H,1-3H3/t16-,17-,18-,19?,20-;11-,12-,13?;8-,9-,10?;9-,10?;/m0000./s1. The second-order valence-corrected chi connectivity index (χ2v) is 32.3. The van der Waals surface area contributed by atoms with Crippen LogP contribution in [0, 0.1) is 0 Å². The van der Waals surface area contributed by atoms with Crippen molar-refractivity contribution >= 4 is 53.0 Å². The van der Waals surface area contributed by atoms with Crippen LogP contribution in [-0.2, 0) is 71.6 Å². The molecule has 13 aliphatic heterocycles. The summed E-state index contributed by atoms with van der Waals surface area (Å²) in [5.74, 6) is 2.28. The minimum Gasteiger partial charge on any atom is -0.490 e. The van der Waals surface area contributed by atoms with E-state index in [2.05, 4.69) is 62.0 Å². The van der Waals surface area contributed by atoms with Gasteiger partial charge in [-0.15, -0.1) is 0 Å². The molecule has 13 heterocycles. The van der Waals surface area contributed by atoms with Crippen LogP contribution in [0.1, 0.15) is 156 Å². The number of methoxy groups -OCH3 is 3. The Morgan fingerprint density at radius 1 is 0.375 bits per heavy atom. The van der Waals surface area contributed by atoms with Crippen molar-refractivity contribution in [1.29, 1.82) is 0 Å². The van der Waals surface area contributed by atoms with E-state index in [1.165, 1.54) is 21.3 Å². The third-order valence-electron chi connectivity index (χ3n) is 21.1. The Balaban J connectivity index is 0.000000162.